The minimum Gasteiger partial charge on any atom is -0.497 e. The Kier molecular flexibility index (Phi) is 37.7. The van der Waals surface area contributed by atoms with Gasteiger partial charge in [0.15, 0.2) is 37.4 Å². The Hall–Kier alpha value is -3.53. The van der Waals surface area contributed by atoms with E-state index in [1.165, 1.54) is 28.1 Å². The number of aliphatic hydroxyl groups excluding tert-OH is 5. The number of likely N-dealkylation sites (N-methyl/N-ethyl adjacent to an activating group) is 4. The second kappa shape index (κ2) is 43.1. The molecule has 0 amide bonds. The van der Waals surface area contributed by atoms with Crippen molar-refractivity contribution in [3.8, 4) is 5.75 Å². The van der Waals surface area contributed by atoms with Gasteiger partial charge in [0.25, 0.3) is 0 Å². The minimum atomic E-state index is -1.85. The molecule has 0 bridgehead atoms. The molecule has 0 spiro atoms. The van der Waals surface area contributed by atoms with Crippen molar-refractivity contribution in [3.05, 3.63) is 29.8 Å². The van der Waals surface area contributed by atoms with Crippen LogP contribution < -0.4 is 4.74 Å². The molecule has 1 aromatic rings. The summed E-state index contributed by atoms with van der Waals surface area (Å²) in [5.74, 6) is -5.38. The van der Waals surface area contributed by atoms with Crippen LogP contribution in [0, 0.1) is 35.5 Å². The van der Waals surface area contributed by atoms with Crippen LogP contribution in [0.4, 0.5) is 0 Å². The lowest BCUT2D eigenvalue weighted by atomic mass is 9.77. The summed E-state index contributed by atoms with van der Waals surface area (Å²) in [6.07, 6.45) is -18.2. The maximum atomic E-state index is 14.5. The van der Waals surface area contributed by atoms with Gasteiger partial charge in [-0.05, 0) is 214 Å². The smallest absolute Gasteiger partial charge is 0.335 e. The lowest BCUT2D eigenvalue weighted by molar-refractivity contribution is -0.319. The van der Waals surface area contributed by atoms with E-state index in [0.29, 0.717) is 31.7 Å². The monoisotopic (exact) mass is 1690 g/mol. The van der Waals surface area contributed by atoms with Gasteiger partial charge >= 0.3 is 17.9 Å². The molecule has 31 heteroatoms. The predicted octanol–water partition coefficient (Wildman–Crippen LogP) is 5.97. The Morgan fingerprint density at radius 3 is 1.29 bits per heavy atom. The number of rotatable bonds is 20. The van der Waals surface area contributed by atoms with Gasteiger partial charge in [-0.2, -0.15) is 0 Å². The summed E-state index contributed by atoms with van der Waals surface area (Å²) in [5.41, 5.74) is -8.12. The van der Waals surface area contributed by atoms with Crippen LogP contribution in [0.1, 0.15) is 202 Å². The quantitative estimate of drug-likeness (QED) is 0.0536. The van der Waals surface area contributed by atoms with Crippen molar-refractivity contribution in [3.63, 3.8) is 0 Å². The summed E-state index contributed by atoms with van der Waals surface area (Å²) >= 11 is 0. The van der Waals surface area contributed by atoms with Crippen molar-refractivity contribution >= 4 is 17.9 Å². The zero-order valence-corrected chi connectivity index (χ0v) is 76.6. The molecule has 37 atom stereocenters. The van der Waals surface area contributed by atoms with Crippen LogP contribution in [0.3, 0.4) is 0 Å². The molecule has 0 saturated carbocycles. The average molecular weight is 1690 g/mol. The van der Waals surface area contributed by atoms with Crippen molar-refractivity contribution in [2.75, 3.05) is 76.7 Å². The Morgan fingerprint density at radius 1 is 0.534 bits per heavy atom. The third-order valence-electron chi connectivity index (χ3n) is 26.6. The van der Waals surface area contributed by atoms with Crippen LogP contribution in [-0.4, -0.2) is 347 Å². The van der Waals surface area contributed by atoms with E-state index in [2.05, 4.69) is 0 Å². The van der Waals surface area contributed by atoms with Crippen LogP contribution in [0.25, 0.3) is 0 Å². The number of nitrogens with zero attached hydrogens (tertiary/aromatic N) is 4. The summed E-state index contributed by atoms with van der Waals surface area (Å²) in [4.78, 5) is 50.4. The number of aliphatic hydroxyl groups is 9. The topological polar surface area (TPSA) is 385 Å². The van der Waals surface area contributed by atoms with Gasteiger partial charge in [-0.1, -0.05) is 53.7 Å². The molecule has 1 aromatic carbocycles. The first-order valence-corrected chi connectivity index (χ1v) is 42.8. The highest BCUT2D eigenvalue weighted by atomic mass is 16.7. The van der Waals surface area contributed by atoms with E-state index in [-0.39, 0.29) is 81.3 Å². The van der Waals surface area contributed by atoms with Gasteiger partial charge in [0.1, 0.15) is 59.7 Å². The fourth-order valence-corrected chi connectivity index (χ4v) is 18.8. The summed E-state index contributed by atoms with van der Waals surface area (Å²) in [7, 11) is 15.8. The van der Waals surface area contributed by atoms with Crippen molar-refractivity contribution < 1.29 is 131 Å². The molecule has 686 valence electrons. The highest BCUT2D eigenvalue weighted by molar-refractivity contribution is 5.75. The minimum absolute atomic E-state index is 0.0895. The van der Waals surface area contributed by atoms with Gasteiger partial charge in [-0.15, -0.1) is 0 Å². The van der Waals surface area contributed by atoms with Crippen LogP contribution in [-0.2, 0) is 87.3 Å². The zero-order chi connectivity index (χ0) is 89.3. The standard InChI is InChI=1S/C49H84N2O15.C38H72N2O12/c1-17-37-49(11,57)41(52)31(6)51(14)25-27(2)23-47(9,56)43(29(4)39(30(5)44(54)63-37)64-38-24-48(10,59-16)42(53)32(7)62-38)66-46-40(36(50(12)13)22-28(3)61-46)65-45(55)33(8)60-26-34-18-20-35(58-15)21-19-34;1-15-27-38(10,46)31(42)24(6)40(13)19-20(2)17-36(8,45)33(52-35-29(41)26(39(11)12)16-21(3)48-35)22(4)30(23(5)34(44)50-27)51-28-18-37(9,47-14)32(43)25(7)49-28/h18-21,27-33,36-43,46,52-53,56-57H,17,22-26H2,1-16H3;20-33,35,41-43,45-46H,15-19H2,1-14H3/t27-,28-,29+,30-,31-,32+,33-,36+,37-,38+,39+,40-,41-,42+,43-,46+,47-,48-,49-;20-,21-,22+,23-,24-,25+,26+,27-,28+,29-,30+,31-,32+,33-,35+,36-,37-,38-/m11/s1. The van der Waals surface area contributed by atoms with Crippen LogP contribution in [0.15, 0.2) is 24.3 Å². The maximum Gasteiger partial charge on any atom is 0.335 e. The fourth-order valence-electron chi connectivity index (χ4n) is 18.8. The van der Waals surface area contributed by atoms with E-state index >= 15 is 0 Å². The largest absolute Gasteiger partial charge is 0.497 e. The van der Waals surface area contributed by atoms with Crippen LogP contribution in [0.2, 0.25) is 0 Å². The van der Waals surface area contributed by atoms with Crippen LogP contribution >= 0.6 is 0 Å². The van der Waals surface area contributed by atoms with E-state index in [1.807, 2.05) is 128 Å². The number of benzene rings is 1. The number of ether oxygens (including phenoxy) is 15. The van der Waals surface area contributed by atoms with E-state index in [9.17, 15) is 60.3 Å². The average Bonchev–Trinajstić information content (AvgIpc) is 1.00. The molecule has 9 N–H and O–H groups in total. The Labute approximate surface area is 703 Å². The summed E-state index contributed by atoms with van der Waals surface area (Å²) in [6, 6.07) is 5.56. The van der Waals surface area contributed by atoms with Crippen LogP contribution in [0.5, 0.6) is 5.75 Å². The molecule has 0 radical (unpaired) electrons. The number of esters is 3. The highest BCUT2D eigenvalue weighted by Crippen LogP contribution is 2.44. The molecular formula is C87H156N4O27. The molecule has 6 aliphatic rings. The number of cyclic esters (lactones) is 2. The first-order chi connectivity index (χ1) is 54.6. The third-order valence-corrected chi connectivity index (χ3v) is 26.6. The number of hydrogen-bond acceptors (Lipinski definition) is 31. The molecule has 31 nitrogen and oxygen atoms in total. The lowest BCUT2D eigenvalue weighted by Gasteiger charge is -2.49. The second-order valence-electron chi connectivity index (χ2n) is 37.5. The van der Waals surface area contributed by atoms with Gasteiger partial charge in [-0.25, -0.2) is 4.79 Å². The van der Waals surface area contributed by atoms with E-state index in [1.54, 1.807) is 97.1 Å². The molecule has 0 aliphatic carbocycles. The number of hydrogen-bond donors (Lipinski definition) is 9. The number of carbonyl (C=O) groups is 3. The van der Waals surface area contributed by atoms with Gasteiger partial charge in [0, 0.05) is 70.1 Å². The van der Waals surface area contributed by atoms with Crippen molar-refractivity contribution in [2.24, 2.45) is 35.5 Å². The zero-order valence-electron chi connectivity index (χ0n) is 76.6. The fraction of sp³-hybridized carbons (Fsp3) is 0.897. The lowest BCUT2D eigenvalue weighted by Crippen LogP contribution is -2.61. The molecule has 118 heavy (non-hydrogen) atoms. The SMILES string of the molecule is CC[C@H]1OC(=O)[C@H](C)[C@@H](O[C@H]2C[C@@](C)(OC)[C@@H](O)[C@H](C)O2)[C@H](C)[C@@H](O[C@@H]2O[C@H](C)C[C@H](N(C)C)[C@H]2O)[C@](C)(O)C[C@@H](C)CN(C)[C@H](C)[C@@H](O)[C@]1(C)O.CC[C@H]1OC(=O)[C@H](C)[C@@H](O[C@H]2C[C@@](C)(OC)[C@@H](O)[C@H](C)O2)[C@H](C)[C@@H](O[C@@H]2O[C@H](C)C[C@H](N(C)C)[C@H]2OC(=O)[C@@H](C)OCc2ccc(OC)cc2)[C@](C)(O)C[C@@H](C)CN(C)[C@H](C)[C@@H](O)[C@]1(C)O. The molecule has 7 rings (SSSR count). The molecule has 6 heterocycles. The van der Waals surface area contributed by atoms with Gasteiger partial charge in [0.05, 0.1) is 103 Å². The van der Waals surface area contributed by atoms with Gasteiger partial charge in [0.2, 0.25) is 0 Å². The van der Waals surface area contributed by atoms with E-state index < -0.39 is 204 Å². The Morgan fingerprint density at radius 2 is 0.915 bits per heavy atom. The first-order valence-electron chi connectivity index (χ1n) is 42.8. The number of methoxy groups -OCH3 is 3. The Bertz CT molecular complexity index is 3230. The Balaban J connectivity index is 0.000000377. The van der Waals surface area contributed by atoms with Gasteiger partial charge < -0.3 is 137 Å². The summed E-state index contributed by atoms with van der Waals surface area (Å²) < 4.78 is 93.7. The summed E-state index contributed by atoms with van der Waals surface area (Å²) in [5, 5.41) is 106. The second-order valence-corrected chi connectivity index (χ2v) is 37.5. The molecule has 6 fully saturated rings. The van der Waals surface area contributed by atoms with Crippen molar-refractivity contribution in [2.45, 2.75) is 390 Å². The van der Waals surface area contributed by atoms with Crippen molar-refractivity contribution in [1.82, 2.24) is 19.6 Å². The van der Waals surface area contributed by atoms with E-state index in [4.69, 9.17) is 71.1 Å². The number of carbonyl (C=O) groups excluding carboxylic acids is 3. The summed E-state index contributed by atoms with van der Waals surface area (Å²) in [6.45, 7) is 37.7. The van der Waals surface area contributed by atoms with Gasteiger partial charge in [-0.3, -0.25) is 9.59 Å². The van der Waals surface area contributed by atoms with Crippen molar-refractivity contribution in [1.29, 1.82) is 0 Å². The third kappa shape index (κ3) is 25.2. The molecule has 0 unspecified atom stereocenters. The maximum absolute atomic E-state index is 14.5. The molecule has 0 aromatic heterocycles. The molecule has 6 saturated heterocycles. The van der Waals surface area contributed by atoms with E-state index in [0.717, 1.165) is 5.56 Å². The highest BCUT2D eigenvalue weighted by Gasteiger charge is 2.57. The first kappa shape index (κ1) is 103. The molecule has 6 aliphatic heterocycles. The predicted molar refractivity (Wildman–Crippen MR) is 439 cm³/mol. The normalized spacial score (nSPS) is 45.3. The molecular weight excluding hydrogens is 1530 g/mol.